The first-order chi connectivity index (χ1) is 13.5. The number of nitrogens with zero attached hydrogens (tertiary/aromatic N) is 1. The fourth-order valence-corrected chi connectivity index (χ4v) is 3.60. The van der Waals surface area contributed by atoms with Crippen molar-refractivity contribution in [1.82, 2.24) is 10.6 Å². The molecule has 1 aromatic carbocycles. The lowest BCUT2D eigenvalue weighted by Crippen LogP contribution is -2.50. The Hall–Kier alpha value is -3.16. The van der Waals surface area contributed by atoms with E-state index >= 15 is 0 Å². The van der Waals surface area contributed by atoms with E-state index in [1.54, 1.807) is 25.2 Å². The quantitative estimate of drug-likeness (QED) is 0.585. The van der Waals surface area contributed by atoms with Gasteiger partial charge in [-0.15, -0.1) is 0 Å². The summed E-state index contributed by atoms with van der Waals surface area (Å²) in [6.07, 6.45) is 5.08. The number of benzene rings is 1. The molecule has 1 aliphatic rings. The Morgan fingerprint density at radius 3 is 2.39 bits per heavy atom. The van der Waals surface area contributed by atoms with E-state index in [9.17, 15) is 19.7 Å². The average molecular weight is 385 g/mol. The average Bonchev–Trinajstić information content (AvgIpc) is 3.22. The highest BCUT2D eigenvalue weighted by Crippen LogP contribution is 2.28. The monoisotopic (exact) mass is 385 g/mol. The van der Waals surface area contributed by atoms with Gasteiger partial charge in [0.1, 0.15) is 11.8 Å². The van der Waals surface area contributed by atoms with Gasteiger partial charge in [0.15, 0.2) is 5.76 Å². The molecule has 1 saturated carbocycles. The number of nitrogens with one attached hydrogen (secondary N) is 2. The van der Waals surface area contributed by atoms with E-state index < -0.39 is 16.9 Å². The van der Waals surface area contributed by atoms with Crippen molar-refractivity contribution < 1.29 is 18.9 Å². The molecular formula is C20H23N3O5. The molecule has 1 aromatic heterocycles. The summed E-state index contributed by atoms with van der Waals surface area (Å²) in [6, 6.07) is 8.46. The predicted octanol–water partition coefficient (Wildman–Crippen LogP) is 3.28. The fourth-order valence-electron chi connectivity index (χ4n) is 3.60. The maximum Gasteiger partial charge on any atom is 0.287 e. The van der Waals surface area contributed by atoms with Crippen molar-refractivity contribution in [2.75, 3.05) is 7.05 Å². The van der Waals surface area contributed by atoms with Crippen molar-refractivity contribution in [3.63, 3.8) is 0 Å². The van der Waals surface area contributed by atoms with Crippen LogP contribution in [-0.2, 0) is 4.79 Å². The number of nitro groups is 1. The molecule has 28 heavy (non-hydrogen) atoms. The molecule has 1 unspecified atom stereocenters. The third-order valence-corrected chi connectivity index (χ3v) is 5.13. The van der Waals surface area contributed by atoms with Crippen LogP contribution in [0, 0.1) is 16.0 Å². The molecular weight excluding hydrogens is 362 g/mol. The molecule has 0 saturated heterocycles. The first-order valence-electron chi connectivity index (χ1n) is 9.36. The van der Waals surface area contributed by atoms with Crippen LogP contribution in [0.25, 0.3) is 11.3 Å². The molecule has 8 nitrogen and oxygen atoms in total. The largest absolute Gasteiger partial charge is 0.451 e. The Kier molecular flexibility index (Phi) is 6.08. The van der Waals surface area contributed by atoms with Gasteiger partial charge in [0.25, 0.3) is 11.6 Å². The standard InChI is InChI=1S/C20H23N3O5/c1-21-20(25)18(14-5-3-2-4-6-14)22-19(24)17-12-11-16(28-17)13-7-9-15(10-8-13)23(26)27/h7-12,14,18H,2-6H2,1H3,(H,21,25)(H,22,24). The molecule has 2 N–H and O–H groups in total. The van der Waals surface area contributed by atoms with Gasteiger partial charge < -0.3 is 15.1 Å². The number of hydrogen-bond acceptors (Lipinski definition) is 5. The number of amides is 2. The van der Waals surface area contributed by atoms with Crippen LogP contribution >= 0.6 is 0 Å². The van der Waals surface area contributed by atoms with Crippen molar-refractivity contribution in [2.45, 2.75) is 38.1 Å². The Bertz CT molecular complexity index is 853. The van der Waals surface area contributed by atoms with E-state index in [0.29, 0.717) is 11.3 Å². The number of carbonyl (C=O) groups excluding carboxylic acids is 2. The van der Waals surface area contributed by atoms with E-state index in [2.05, 4.69) is 10.6 Å². The molecule has 0 radical (unpaired) electrons. The maximum absolute atomic E-state index is 12.6. The highest BCUT2D eigenvalue weighted by Gasteiger charge is 2.31. The molecule has 148 valence electrons. The molecule has 0 aliphatic heterocycles. The second-order valence-corrected chi connectivity index (χ2v) is 6.93. The highest BCUT2D eigenvalue weighted by molar-refractivity contribution is 5.96. The van der Waals surface area contributed by atoms with Crippen LogP contribution < -0.4 is 10.6 Å². The summed E-state index contributed by atoms with van der Waals surface area (Å²) in [5, 5.41) is 16.2. The number of hydrogen-bond donors (Lipinski definition) is 2. The van der Waals surface area contributed by atoms with Gasteiger partial charge in [-0.2, -0.15) is 0 Å². The molecule has 0 spiro atoms. The van der Waals surface area contributed by atoms with E-state index in [0.717, 1.165) is 32.1 Å². The van der Waals surface area contributed by atoms with Crippen LogP contribution in [0.5, 0.6) is 0 Å². The third kappa shape index (κ3) is 4.39. The summed E-state index contributed by atoms with van der Waals surface area (Å²) in [7, 11) is 1.56. The summed E-state index contributed by atoms with van der Waals surface area (Å²) in [4.78, 5) is 35.2. The predicted molar refractivity (Wildman–Crippen MR) is 103 cm³/mol. The van der Waals surface area contributed by atoms with Crippen LogP contribution in [-0.4, -0.2) is 29.8 Å². The summed E-state index contributed by atoms with van der Waals surface area (Å²) >= 11 is 0. The lowest BCUT2D eigenvalue weighted by Gasteiger charge is -2.29. The van der Waals surface area contributed by atoms with E-state index in [1.807, 2.05) is 0 Å². The van der Waals surface area contributed by atoms with E-state index in [1.165, 1.54) is 18.2 Å². The minimum atomic E-state index is -0.592. The lowest BCUT2D eigenvalue weighted by atomic mass is 9.83. The number of rotatable bonds is 6. The van der Waals surface area contributed by atoms with Gasteiger partial charge in [0.2, 0.25) is 5.91 Å². The minimum absolute atomic E-state index is 0.0193. The van der Waals surface area contributed by atoms with E-state index in [4.69, 9.17) is 4.42 Å². The molecule has 0 bridgehead atoms. The van der Waals surface area contributed by atoms with Crippen LogP contribution in [0.4, 0.5) is 5.69 Å². The Labute approximate surface area is 162 Å². The third-order valence-electron chi connectivity index (χ3n) is 5.13. The topological polar surface area (TPSA) is 114 Å². The maximum atomic E-state index is 12.6. The first kappa shape index (κ1) is 19.6. The highest BCUT2D eigenvalue weighted by atomic mass is 16.6. The number of nitro benzene ring substituents is 1. The van der Waals surface area contributed by atoms with Gasteiger partial charge >= 0.3 is 0 Å². The molecule has 2 amide bonds. The second-order valence-electron chi connectivity index (χ2n) is 6.93. The Balaban J connectivity index is 1.73. The van der Waals surface area contributed by atoms with Gasteiger partial charge in [-0.3, -0.25) is 19.7 Å². The molecule has 1 heterocycles. The summed E-state index contributed by atoms with van der Waals surface area (Å²) in [5.74, 6) is -0.0243. The first-order valence-corrected chi connectivity index (χ1v) is 9.36. The molecule has 3 rings (SSSR count). The number of carbonyl (C=O) groups is 2. The van der Waals surface area contributed by atoms with Crippen LogP contribution in [0.15, 0.2) is 40.8 Å². The number of non-ortho nitro benzene ring substituents is 1. The van der Waals surface area contributed by atoms with Gasteiger partial charge in [0.05, 0.1) is 4.92 Å². The Morgan fingerprint density at radius 2 is 1.79 bits per heavy atom. The van der Waals surface area contributed by atoms with E-state index in [-0.39, 0.29) is 23.3 Å². The second kappa shape index (κ2) is 8.69. The van der Waals surface area contributed by atoms with Crippen molar-refractivity contribution in [2.24, 2.45) is 5.92 Å². The molecule has 1 aliphatic carbocycles. The van der Waals surface area contributed by atoms with Crippen molar-refractivity contribution >= 4 is 17.5 Å². The molecule has 2 aromatic rings. The van der Waals surface area contributed by atoms with Crippen LogP contribution in [0.2, 0.25) is 0 Å². The molecule has 8 heteroatoms. The normalized spacial score (nSPS) is 15.6. The Morgan fingerprint density at radius 1 is 1.11 bits per heavy atom. The SMILES string of the molecule is CNC(=O)C(NC(=O)c1ccc(-c2ccc([N+](=O)[O-])cc2)o1)C1CCCCC1. The smallest absolute Gasteiger partial charge is 0.287 e. The minimum Gasteiger partial charge on any atom is -0.451 e. The van der Waals surface area contributed by atoms with Crippen LogP contribution in [0.1, 0.15) is 42.7 Å². The summed E-state index contributed by atoms with van der Waals surface area (Å²) in [5.41, 5.74) is 0.606. The number of furan rings is 1. The molecule has 1 fully saturated rings. The van der Waals surface area contributed by atoms with Gasteiger partial charge in [-0.1, -0.05) is 19.3 Å². The van der Waals surface area contributed by atoms with Crippen molar-refractivity contribution in [1.29, 1.82) is 0 Å². The van der Waals surface area contributed by atoms with Crippen molar-refractivity contribution in [3.05, 3.63) is 52.3 Å². The number of likely N-dealkylation sites (N-methyl/N-ethyl adjacent to an activating group) is 1. The van der Waals surface area contributed by atoms with Gasteiger partial charge in [-0.25, -0.2) is 0 Å². The zero-order valence-electron chi connectivity index (χ0n) is 15.6. The van der Waals surface area contributed by atoms with Crippen LogP contribution in [0.3, 0.4) is 0 Å². The zero-order chi connectivity index (χ0) is 20.1. The van der Waals surface area contributed by atoms with Gasteiger partial charge in [-0.05, 0) is 43.0 Å². The molecule has 1 atom stereocenters. The lowest BCUT2D eigenvalue weighted by molar-refractivity contribution is -0.384. The van der Waals surface area contributed by atoms with Crippen molar-refractivity contribution in [3.8, 4) is 11.3 Å². The summed E-state index contributed by atoms with van der Waals surface area (Å²) in [6.45, 7) is 0. The zero-order valence-corrected chi connectivity index (χ0v) is 15.6. The van der Waals surface area contributed by atoms with Gasteiger partial charge in [0, 0.05) is 24.7 Å². The summed E-state index contributed by atoms with van der Waals surface area (Å²) < 4.78 is 5.62. The fraction of sp³-hybridized carbons (Fsp3) is 0.400.